The van der Waals surface area contributed by atoms with Crippen LogP contribution in [0.5, 0.6) is 0 Å². The molecule has 1 unspecified atom stereocenters. The van der Waals surface area contributed by atoms with E-state index in [1.54, 1.807) is 0 Å². The minimum Gasteiger partial charge on any atom is -0.247 e. The zero-order valence-corrected chi connectivity index (χ0v) is 23.3. The first-order valence-corrected chi connectivity index (χ1v) is 14.6. The van der Waals surface area contributed by atoms with E-state index in [0.29, 0.717) is 0 Å². The van der Waals surface area contributed by atoms with E-state index in [1.807, 2.05) is 11.3 Å². The number of nitrogens with zero attached hydrogens (tertiary/aromatic N) is 1. The fourth-order valence-electron chi connectivity index (χ4n) is 6.78. The van der Waals surface area contributed by atoms with E-state index in [2.05, 4.69) is 141 Å². The van der Waals surface area contributed by atoms with Crippen LogP contribution in [-0.4, -0.2) is 4.98 Å². The van der Waals surface area contributed by atoms with Crippen molar-refractivity contribution in [1.82, 2.24) is 4.98 Å². The lowest BCUT2D eigenvalue weighted by Crippen LogP contribution is -2.24. The van der Waals surface area contributed by atoms with Crippen molar-refractivity contribution in [3.8, 4) is 33.6 Å². The van der Waals surface area contributed by atoms with Gasteiger partial charge in [0.05, 0.1) is 11.4 Å². The molecule has 1 nitrogen and oxygen atoms in total. The van der Waals surface area contributed by atoms with Gasteiger partial charge in [0.1, 0.15) is 0 Å². The number of hydrogen-bond acceptors (Lipinski definition) is 2. The lowest BCUT2D eigenvalue weighted by Gasteiger charge is -2.31. The lowest BCUT2D eigenvalue weighted by atomic mass is 9.72. The van der Waals surface area contributed by atoms with E-state index in [9.17, 15) is 0 Å². The van der Waals surface area contributed by atoms with Gasteiger partial charge in [0, 0.05) is 36.7 Å². The third-order valence-electron chi connectivity index (χ3n) is 8.66. The van der Waals surface area contributed by atoms with E-state index in [0.717, 1.165) is 22.5 Å². The molecule has 2 aromatic heterocycles. The molecule has 1 aliphatic rings. The average Bonchev–Trinajstić information content (AvgIpc) is 3.51. The molecule has 1 aliphatic carbocycles. The fraction of sp³-hybridized carbons (Fsp3) is 0.0789. The van der Waals surface area contributed by atoms with Crippen LogP contribution in [0.2, 0.25) is 0 Å². The molecule has 0 aliphatic heterocycles. The first-order valence-electron chi connectivity index (χ1n) is 13.8. The van der Waals surface area contributed by atoms with Crippen LogP contribution in [0.1, 0.15) is 29.2 Å². The molecule has 0 saturated heterocycles. The third kappa shape index (κ3) is 3.23. The van der Waals surface area contributed by atoms with Gasteiger partial charge in [0.15, 0.2) is 0 Å². The summed E-state index contributed by atoms with van der Waals surface area (Å²) in [4.78, 5) is 5.45. The molecule has 0 saturated carbocycles. The molecule has 8 rings (SSSR count). The second-order valence-electron chi connectivity index (χ2n) is 10.9. The number of aromatic nitrogens is 1. The second kappa shape index (κ2) is 8.74. The van der Waals surface area contributed by atoms with Crippen LogP contribution in [0.3, 0.4) is 0 Å². The van der Waals surface area contributed by atoms with Crippen molar-refractivity contribution in [2.45, 2.75) is 19.3 Å². The number of fused-ring (bicyclic) bond motifs is 7. The number of benzene rings is 5. The second-order valence-corrected chi connectivity index (χ2v) is 12.0. The average molecular weight is 530 g/mol. The van der Waals surface area contributed by atoms with Gasteiger partial charge in [-0.1, -0.05) is 115 Å². The summed E-state index contributed by atoms with van der Waals surface area (Å²) in [6, 6.07) is 46.2. The summed E-state index contributed by atoms with van der Waals surface area (Å²) >= 11 is 1.89. The SMILES string of the molecule is Cc1cc(C2(C)c3ccccc3-c3c2ccc2sc4ccccc4c32)c(-c2ccccc2)nc1-c1ccccc1. The fourth-order valence-corrected chi connectivity index (χ4v) is 7.90. The van der Waals surface area contributed by atoms with Crippen LogP contribution < -0.4 is 0 Å². The van der Waals surface area contributed by atoms with Crippen LogP contribution in [-0.2, 0) is 5.41 Å². The van der Waals surface area contributed by atoms with Crippen LogP contribution in [0, 0.1) is 6.92 Å². The smallest absolute Gasteiger partial charge is 0.0754 e. The van der Waals surface area contributed by atoms with Crippen molar-refractivity contribution in [3.63, 3.8) is 0 Å². The van der Waals surface area contributed by atoms with Gasteiger partial charge in [-0.25, -0.2) is 4.98 Å². The highest BCUT2D eigenvalue weighted by Crippen LogP contribution is 2.57. The molecule has 1 atom stereocenters. The Balaban J connectivity index is 1.49. The maximum absolute atomic E-state index is 5.45. The minimum atomic E-state index is -0.360. The summed E-state index contributed by atoms with van der Waals surface area (Å²) in [7, 11) is 0. The van der Waals surface area contributed by atoms with Crippen molar-refractivity contribution in [1.29, 1.82) is 0 Å². The molecule has 0 fully saturated rings. The Morgan fingerprint density at radius 2 is 1.23 bits per heavy atom. The Morgan fingerprint density at radius 1 is 0.575 bits per heavy atom. The van der Waals surface area contributed by atoms with Crippen molar-refractivity contribution in [3.05, 3.63) is 150 Å². The van der Waals surface area contributed by atoms with E-state index in [1.165, 1.54) is 53.6 Å². The number of pyridine rings is 1. The zero-order chi connectivity index (χ0) is 26.8. The molecule has 0 spiro atoms. The summed E-state index contributed by atoms with van der Waals surface area (Å²) in [6.07, 6.45) is 0. The maximum atomic E-state index is 5.45. The summed E-state index contributed by atoms with van der Waals surface area (Å²) < 4.78 is 2.68. The molecule has 7 aromatic rings. The summed E-state index contributed by atoms with van der Waals surface area (Å²) in [5.41, 5.74) is 11.9. The topological polar surface area (TPSA) is 12.9 Å². The Kier molecular flexibility index (Phi) is 5.11. The molecule has 190 valence electrons. The van der Waals surface area contributed by atoms with Crippen LogP contribution in [0.4, 0.5) is 0 Å². The summed E-state index contributed by atoms with van der Waals surface area (Å²) in [5.74, 6) is 0. The van der Waals surface area contributed by atoms with Crippen molar-refractivity contribution in [2.75, 3.05) is 0 Å². The van der Waals surface area contributed by atoms with Crippen molar-refractivity contribution in [2.24, 2.45) is 0 Å². The Morgan fingerprint density at radius 3 is 2.00 bits per heavy atom. The number of thiophene rings is 1. The quantitative estimate of drug-likeness (QED) is 0.222. The minimum absolute atomic E-state index is 0.360. The first-order chi connectivity index (χ1) is 19.6. The van der Waals surface area contributed by atoms with Gasteiger partial charge in [0.25, 0.3) is 0 Å². The molecule has 0 bridgehead atoms. The summed E-state index contributed by atoms with van der Waals surface area (Å²) in [5, 5.41) is 2.72. The molecule has 2 heteroatoms. The zero-order valence-electron chi connectivity index (χ0n) is 22.5. The lowest BCUT2D eigenvalue weighted by molar-refractivity contribution is 0.711. The number of hydrogen-bond donors (Lipinski definition) is 0. The molecule has 0 N–H and O–H groups in total. The van der Waals surface area contributed by atoms with Gasteiger partial charge in [-0.3, -0.25) is 0 Å². The van der Waals surface area contributed by atoms with Crippen LogP contribution in [0.15, 0.2) is 127 Å². The first kappa shape index (κ1) is 23.4. The largest absolute Gasteiger partial charge is 0.247 e. The van der Waals surface area contributed by atoms with Gasteiger partial charge in [-0.2, -0.15) is 0 Å². The normalized spacial score (nSPS) is 15.8. The van der Waals surface area contributed by atoms with E-state index in [4.69, 9.17) is 4.98 Å². The predicted molar refractivity (Wildman–Crippen MR) is 170 cm³/mol. The Labute approximate surface area is 238 Å². The molecule has 2 heterocycles. The highest BCUT2D eigenvalue weighted by atomic mass is 32.1. The van der Waals surface area contributed by atoms with Crippen molar-refractivity contribution < 1.29 is 0 Å². The van der Waals surface area contributed by atoms with Gasteiger partial charge in [-0.15, -0.1) is 11.3 Å². The van der Waals surface area contributed by atoms with E-state index >= 15 is 0 Å². The molecular formula is C38H27NS. The standard InChI is InChI=1S/C38H27NS/c1-24-23-31(37(26-15-7-4-8-16-26)39-36(24)25-13-5-3-6-14-25)38(2)29-19-11-9-17-27(29)34-30(38)21-22-33-35(34)28-18-10-12-20-32(28)40-33/h3-23H,1-2H3. The molecule has 0 radical (unpaired) electrons. The maximum Gasteiger partial charge on any atom is 0.0754 e. The predicted octanol–water partition coefficient (Wildman–Crippen LogP) is 10.4. The number of aryl methyl sites for hydroxylation is 1. The Hall–Kier alpha value is -4.53. The highest BCUT2D eigenvalue weighted by Gasteiger charge is 2.43. The van der Waals surface area contributed by atoms with E-state index in [-0.39, 0.29) is 5.41 Å². The van der Waals surface area contributed by atoms with Crippen LogP contribution >= 0.6 is 11.3 Å². The molecule has 40 heavy (non-hydrogen) atoms. The molecule has 0 amide bonds. The molecule has 5 aromatic carbocycles. The van der Waals surface area contributed by atoms with Gasteiger partial charge < -0.3 is 0 Å². The third-order valence-corrected chi connectivity index (χ3v) is 9.80. The van der Waals surface area contributed by atoms with Gasteiger partial charge in [-0.05, 0) is 59.4 Å². The highest BCUT2D eigenvalue weighted by molar-refractivity contribution is 7.26. The Bertz CT molecular complexity index is 2070. The molecular weight excluding hydrogens is 502 g/mol. The van der Waals surface area contributed by atoms with Crippen LogP contribution in [0.25, 0.3) is 53.8 Å². The van der Waals surface area contributed by atoms with Gasteiger partial charge in [0.2, 0.25) is 0 Å². The summed E-state index contributed by atoms with van der Waals surface area (Å²) in [6.45, 7) is 4.61. The monoisotopic (exact) mass is 529 g/mol. The van der Waals surface area contributed by atoms with Crippen molar-refractivity contribution >= 4 is 31.5 Å². The van der Waals surface area contributed by atoms with Gasteiger partial charge >= 0.3 is 0 Å². The van der Waals surface area contributed by atoms with E-state index < -0.39 is 0 Å². The number of rotatable bonds is 3.